The van der Waals surface area contributed by atoms with Crippen LogP contribution in [0.4, 0.5) is 14.5 Å². The van der Waals surface area contributed by atoms with E-state index in [1.807, 2.05) is 0 Å². The third kappa shape index (κ3) is 4.34. The van der Waals surface area contributed by atoms with Crippen molar-refractivity contribution < 1.29 is 26.7 Å². The van der Waals surface area contributed by atoms with Gasteiger partial charge >= 0.3 is 0 Å². The lowest BCUT2D eigenvalue weighted by molar-refractivity contribution is 0.102. The van der Waals surface area contributed by atoms with Crippen LogP contribution in [0.3, 0.4) is 0 Å². The van der Waals surface area contributed by atoms with E-state index in [4.69, 9.17) is 4.74 Å². The molecule has 0 saturated carbocycles. The summed E-state index contributed by atoms with van der Waals surface area (Å²) in [5.41, 5.74) is -0.169. The number of fused-ring (bicyclic) bond motifs is 1. The highest BCUT2D eigenvalue weighted by Crippen LogP contribution is 2.32. The molecule has 4 rings (SSSR count). The highest BCUT2D eigenvalue weighted by atomic mass is 32.2. The quantitative estimate of drug-likeness (QED) is 0.359. The summed E-state index contributed by atoms with van der Waals surface area (Å²) in [4.78, 5) is 17.4. The molecule has 0 bridgehead atoms. The standard InChI is InChI=1S/C23H20F2N4O4S/c1-3-10-34(31,32)29-17-9-8-16(24)19(20(17)25)22(30)21-15-11-13(12-26-23(15)28-27-21)14-6-4-5-7-18(14)33-2/h4-9,11-12,29H,3,10H2,1-2H3,(H,26,27,28). The molecular weight excluding hydrogens is 466 g/mol. The van der Waals surface area contributed by atoms with Crippen LogP contribution in [0.5, 0.6) is 5.75 Å². The van der Waals surface area contributed by atoms with E-state index >= 15 is 4.39 Å². The Morgan fingerprint density at radius 3 is 2.68 bits per heavy atom. The number of aromatic nitrogens is 3. The van der Waals surface area contributed by atoms with E-state index < -0.39 is 38.7 Å². The van der Waals surface area contributed by atoms with E-state index in [1.54, 1.807) is 43.5 Å². The van der Waals surface area contributed by atoms with Crippen molar-refractivity contribution in [1.29, 1.82) is 0 Å². The van der Waals surface area contributed by atoms with Crippen molar-refractivity contribution >= 4 is 32.5 Å². The SMILES string of the molecule is CCCS(=O)(=O)Nc1ccc(F)c(C(=O)c2n[nH]c3ncc(-c4ccccc4OC)cc23)c1F. The molecule has 2 heterocycles. The smallest absolute Gasteiger partial charge is 0.232 e. The van der Waals surface area contributed by atoms with Gasteiger partial charge in [0.25, 0.3) is 0 Å². The summed E-state index contributed by atoms with van der Waals surface area (Å²) in [6.45, 7) is 1.64. The van der Waals surface area contributed by atoms with E-state index in [0.717, 1.165) is 12.1 Å². The van der Waals surface area contributed by atoms with Crippen molar-refractivity contribution in [3.63, 3.8) is 0 Å². The topological polar surface area (TPSA) is 114 Å². The molecule has 0 atom stereocenters. The molecule has 0 aliphatic heterocycles. The monoisotopic (exact) mass is 486 g/mol. The first-order valence-electron chi connectivity index (χ1n) is 10.3. The van der Waals surface area contributed by atoms with Gasteiger partial charge < -0.3 is 4.74 Å². The third-order valence-electron chi connectivity index (χ3n) is 5.11. The van der Waals surface area contributed by atoms with Crippen LogP contribution in [-0.2, 0) is 10.0 Å². The van der Waals surface area contributed by atoms with Gasteiger partial charge in [-0.1, -0.05) is 25.1 Å². The number of rotatable bonds is 8. The van der Waals surface area contributed by atoms with Crippen LogP contribution in [0.1, 0.15) is 29.4 Å². The van der Waals surface area contributed by atoms with E-state index in [9.17, 15) is 17.6 Å². The minimum absolute atomic E-state index is 0.239. The van der Waals surface area contributed by atoms with Crippen molar-refractivity contribution in [3.8, 4) is 16.9 Å². The van der Waals surface area contributed by atoms with E-state index in [2.05, 4.69) is 19.9 Å². The normalized spacial score (nSPS) is 11.5. The van der Waals surface area contributed by atoms with Crippen LogP contribution in [0.2, 0.25) is 0 Å². The zero-order chi connectivity index (χ0) is 24.5. The first-order valence-corrected chi connectivity index (χ1v) is 11.9. The Bertz CT molecular complexity index is 1500. The molecule has 0 saturated heterocycles. The number of pyridine rings is 1. The number of sulfonamides is 1. The number of nitrogens with zero attached hydrogens (tertiary/aromatic N) is 2. The van der Waals surface area contributed by atoms with Crippen molar-refractivity contribution in [2.75, 3.05) is 17.6 Å². The van der Waals surface area contributed by atoms with Crippen LogP contribution in [0.25, 0.3) is 22.2 Å². The number of ether oxygens (including phenoxy) is 1. The Hall–Kier alpha value is -3.86. The Morgan fingerprint density at radius 2 is 1.94 bits per heavy atom. The van der Waals surface area contributed by atoms with Gasteiger partial charge in [0.05, 0.1) is 29.5 Å². The number of anilines is 1. The summed E-state index contributed by atoms with van der Waals surface area (Å²) in [6.07, 6.45) is 1.85. The van der Waals surface area contributed by atoms with Crippen LogP contribution >= 0.6 is 0 Å². The number of halogens is 2. The number of H-pyrrole nitrogens is 1. The van der Waals surface area contributed by atoms with Crippen LogP contribution in [0, 0.1) is 11.6 Å². The predicted molar refractivity (Wildman–Crippen MR) is 123 cm³/mol. The fourth-order valence-electron chi connectivity index (χ4n) is 3.55. The number of hydrogen-bond acceptors (Lipinski definition) is 6. The molecule has 8 nitrogen and oxygen atoms in total. The molecule has 0 aliphatic rings. The molecule has 0 unspecified atom stereocenters. The highest BCUT2D eigenvalue weighted by molar-refractivity contribution is 7.92. The van der Waals surface area contributed by atoms with Gasteiger partial charge in [-0.25, -0.2) is 22.2 Å². The molecule has 11 heteroatoms. The lowest BCUT2D eigenvalue weighted by Gasteiger charge is -2.11. The van der Waals surface area contributed by atoms with Gasteiger partial charge in [-0.15, -0.1) is 0 Å². The van der Waals surface area contributed by atoms with Gasteiger partial charge in [0.15, 0.2) is 11.5 Å². The number of hydrogen-bond donors (Lipinski definition) is 2. The number of methoxy groups -OCH3 is 1. The number of nitrogens with one attached hydrogen (secondary N) is 2. The molecule has 2 aromatic heterocycles. The summed E-state index contributed by atoms with van der Waals surface area (Å²) >= 11 is 0. The van der Waals surface area contributed by atoms with Gasteiger partial charge in [0.1, 0.15) is 17.3 Å². The highest BCUT2D eigenvalue weighted by Gasteiger charge is 2.27. The average molecular weight is 487 g/mol. The molecule has 0 spiro atoms. The van der Waals surface area contributed by atoms with Gasteiger partial charge in [0.2, 0.25) is 15.8 Å². The summed E-state index contributed by atoms with van der Waals surface area (Å²) in [5, 5.41) is 6.75. The molecular formula is C23H20F2N4O4S. The van der Waals surface area contributed by atoms with Crippen LogP contribution in [0.15, 0.2) is 48.7 Å². The van der Waals surface area contributed by atoms with E-state index in [1.165, 1.54) is 7.11 Å². The van der Waals surface area contributed by atoms with Crippen LogP contribution in [-0.4, -0.2) is 42.2 Å². The summed E-state index contributed by atoms with van der Waals surface area (Å²) in [5.74, 6) is -3.21. The molecule has 2 aromatic carbocycles. The maximum atomic E-state index is 15.1. The number of benzene rings is 2. The predicted octanol–water partition coefficient (Wildman–Crippen LogP) is 4.29. The minimum atomic E-state index is -3.86. The van der Waals surface area contributed by atoms with Crippen molar-refractivity contribution in [3.05, 3.63) is 71.6 Å². The van der Waals surface area contributed by atoms with Gasteiger partial charge in [-0.05, 0) is 30.7 Å². The van der Waals surface area contributed by atoms with Gasteiger partial charge in [-0.2, -0.15) is 5.10 Å². The maximum Gasteiger partial charge on any atom is 0.232 e. The van der Waals surface area contributed by atoms with Crippen molar-refractivity contribution in [1.82, 2.24) is 15.2 Å². The Balaban J connectivity index is 1.80. The largest absolute Gasteiger partial charge is 0.496 e. The number of carbonyl (C=O) groups excluding carboxylic acids is 1. The maximum absolute atomic E-state index is 15.1. The molecule has 0 amide bonds. The lowest BCUT2D eigenvalue weighted by Crippen LogP contribution is -2.18. The van der Waals surface area contributed by atoms with Gasteiger partial charge in [0, 0.05) is 17.3 Å². The lowest BCUT2D eigenvalue weighted by atomic mass is 10.0. The van der Waals surface area contributed by atoms with Crippen molar-refractivity contribution in [2.24, 2.45) is 0 Å². The zero-order valence-corrected chi connectivity index (χ0v) is 19.0. The summed E-state index contributed by atoms with van der Waals surface area (Å²) < 4.78 is 61.3. The number of ketones is 1. The molecule has 4 aromatic rings. The Kier molecular flexibility index (Phi) is 6.29. The summed E-state index contributed by atoms with van der Waals surface area (Å²) in [6, 6.07) is 10.5. The third-order valence-corrected chi connectivity index (χ3v) is 6.58. The molecule has 2 N–H and O–H groups in total. The van der Waals surface area contributed by atoms with E-state index in [-0.39, 0.29) is 22.5 Å². The molecule has 0 aliphatic carbocycles. The second kappa shape index (κ2) is 9.18. The van der Waals surface area contributed by atoms with Crippen molar-refractivity contribution in [2.45, 2.75) is 13.3 Å². The summed E-state index contributed by atoms with van der Waals surface area (Å²) in [7, 11) is -2.34. The second-order valence-electron chi connectivity index (χ2n) is 7.43. The number of carbonyl (C=O) groups is 1. The first-order chi connectivity index (χ1) is 16.3. The Morgan fingerprint density at radius 1 is 1.18 bits per heavy atom. The fraction of sp³-hybridized carbons (Fsp3) is 0.174. The number of para-hydroxylation sites is 1. The first kappa shape index (κ1) is 23.3. The number of aromatic amines is 1. The fourth-order valence-corrected chi connectivity index (χ4v) is 4.68. The Labute approximate surface area is 194 Å². The zero-order valence-electron chi connectivity index (χ0n) is 18.2. The molecule has 176 valence electrons. The minimum Gasteiger partial charge on any atom is -0.496 e. The second-order valence-corrected chi connectivity index (χ2v) is 9.27. The molecule has 0 fully saturated rings. The van der Waals surface area contributed by atoms with E-state index in [0.29, 0.717) is 23.3 Å². The average Bonchev–Trinajstić information content (AvgIpc) is 3.24. The molecule has 34 heavy (non-hydrogen) atoms. The van der Waals surface area contributed by atoms with Gasteiger partial charge in [-0.3, -0.25) is 14.6 Å². The molecule has 0 radical (unpaired) electrons. The van der Waals surface area contributed by atoms with Crippen LogP contribution < -0.4 is 9.46 Å².